The van der Waals surface area contributed by atoms with Crippen LogP contribution in [0.5, 0.6) is 0 Å². The summed E-state index contributed by atoms with van der Waals surface area (Å²) in [6, 6.07) is 3.63. The first-order valence-corrected chi connectivity index (χ1v) is 6.53. The van der Waals surface area contributed by atoms with Crippen LogP contribution in [0.3, 0.4) is 0 Å². The normalized spacial score (nSPS) is 13.4. The van der Waals surface area contributed by atoms with Crippen LogP contribution in [0.4, 0.5) is 17.6 Å². The minimum atomic E-state index is -4.49. The molecule has 2 aromatic rings. The Morgan fingerprint density at radius 3 is 2.57 bits per heavy atom. The van der Waals surface area contributed by atoms with E-state index in [0.717, 1.165) is 23.8 Å². The lowest BCUT2D eigenvalue weighted by Crippen LogP contribution is -2.24. The van der Waals surface area contributed by atoms with Crippen molar-refractivity contribution >= 4 is 0 Å². The van der Waals surface area contributed by atoms with Crippen molar-refractivity contribution in [3.63, 3.8) is 0 Å². The minimum absolute atomic E-state index is 0.00729. The summed E-state index contributed by atoms with van der Waals surface area (Å²) in [6.07, 6.45) is -1.17. The molecule has 2 nitrogen and oxygen atoms in total. The number of rotatable bonds is 5. The Morgan fingerprint density at radius 1 is 1.24 bits per heavy atom. The van der Waals surface area contributed by atoms with Crippen molar-refractivity contribution in [3.05, 3.63) is 59.3 Å². The molecule has 1 unspecified atom stereocenters. The Morgan fingerprint density at radius 2 is 2.00 bits per heavy atom. The molecule has 1 heterocycles. The van der Waals surface area contributed by atoms with Gasteiger partial charge in [0.25, 0.3) is 0 Å². The standard InChI is InChI=1S/C15H15F4NO/c1-2-20-14(7-10-5-6-21-9-10)12-8-11(15(17,18)19)3-4-13(12)16/h3-6,8-9,14,20H,2,7H2,1H3. The highest BCUT2D eigenvalue weighted by Crippen LogP contribution is 2.32. The van der Waals surface area contributed by atoms with Crippen LogP contribution < -0.4 is 5.32 Å². The second kappa shape index (κ2) is 6.30. The average molecular weight is 301 g/mol. The van der Waals surface area contributed by atoms with Gasteiger partial charge in [-0.05, 0) is 42.8 Å². The first-order valence-electron chi connectivity index (χ1n) is 6.53. The molecule has 0 amide bonds. The Balaban J connectivity index is 2.34. The molecule has 1 atom stereocenters. The van der Waals surface area contributed by atoms with Gasteiger partial charge in [0.05, 0.1) is 18.1 Å². The van der Waals surface area contributed by atoms with Crippen molar-refractivity contribution in [3.8, 4) is 0 Å². The fourth-order valence-electron chi connectivity index (χ4n) is 2.17. The summed E-state index contributed by atoms with van der Waals surface area (Å²) in [5.41, 5.74) is -0.0559. The SMILES string of the molecule is CCNC(Cc1ccoc1)c1cc(C(F)(F)F)ccc1F. The third kappa shape index (κ3) is 3.85. The molecule has 0 aliphatic rings. The van der Waals surface area contributed by atoms with Gasteiger partial charge < -0.3 is 9.73 Å². The molecule has 0 bridgehead atoms. The Kier molecular flexibility index (Phi) is 4.67. The zero-order valence-corrected chi connectivity index (χ0v) is 11.4. The van der Waals surface area contributed by atoms with E-state index in [2.05, 4.69) is 5.32 Å². The molecule has 1 aromatic heterocycles. The minimum Gasteiger partial charge on any atom is -0.472 e. The van der Waals surface area contributed by atoms with Crippen LogP contribution in [0.15, 0.2) is 41.2 Å². The lowest BCUT2D eigenvalue weighted by atomic mass is 9.97. The summed E-state index contributed by atoms with van der Waals surface area (Å²) in [7, 11) is 0. The highest BCUT2D eigenvalue weighted by molar-refractivity contribution is 5.30. The molecule has 0 aliphatic carbocycles. The number of nitrogens with one attached hydrogen (secondary N) is 1. The van der Waals surface area contributed by atoms with Crippen LogP contribution in [0, 0.1) is 5.82 Å². The van der Waals surface area contributed by atoms with Gasteiger partial charge in [-0.3, -0.25) is 0 Å². The molecular weight excluding hydrogens is 286 g/mol. The highest BCUT2D eigenvalue weighted by atomic mass is 19.4. The van der Waals surface area contributed by atoms with Crippen molar-refractivity contribution in [1.29, 1.82) is 0 Å². The molecule has 0 saturated carbocycles. The molecule has 0 radical (unpaired) electrons. The zero-order chi connectivity index (χ0) is 15.5. The van der Waals surface area contributed by atoms with Gasteiger partial charge in [-0.15, -0.1) is 0 Å². The fraction of sp³-hybridized carbons (Fsp3) is 0.333. The molecule has 0 spiro atoms. The van der Waals surface area contributed by atoms with Crippen molar-refractivity contribution in [2.24, 2.45) is 0 Å². The van der Waals surface area contributed by atoms with E-state index in [1.807, 2.05) is 6.92 Å². The van der Waals surface area contributed by atoms with E-state index in [-0.39, 0.29) is 5.56 Å². The van der Waals surface area contributed by atoms with Gasteiger partial charge in [0.2, 0.25) is 0 Å². The Bertz CT molecular complexity index is 578. The molecule has 0 saturated heterocycles. The smallest absolute Gasteiger partial charge is 0.416 e. The molecule has 6 heteroatoms. The van der Waals surface area contributed by atoms with Gasteiger partial charge in [-0.25, -0.2) is 4.39 Å². The van der Waals surface area contributed by atoms with Crippen molar-refractivity contribution in [2.45, 2.75) is 25.6 Å². The van der Waals surface area contributed by atoms with Gasteiger partial charge in [0, 0.05) is 11.6 Å². The maximum Gasteiger partial charge on any atom is 0.416 e. The number of alkyl halides is 3. The molecule has 114 valence electrons. The predicted octanol–water partition coefficient (Wildman–Crippen LogP) is 4.33. The monoisotopic (exact) mass is 301 g/mol. The largest absolute Gasteiger partial charge is 0.472 e. The van der Waals surface area contributed by atoms with Crippen molar-refractivity contribution in [1.82, 2.24) is 5.32 Å². The maximum absolute atomic E-state index is 13.9. The van der Waals surface area contributed by atoms with Gasteiger partial charge >= 0.3 is 6.18 Å². The van der Waals surface area contributed by atoms with Crippen LogP contribution >= 0.6 is 0 Å². The van der Waals surface area contributed by atoms with Crippen molar-refractivity contribution in [2.75, 3.05) is 6.54 Å². The highest BCUT2D eigenvalue weighted by Gasteiger charge is 2.32. The topological polar surface area (TPSA) is 25.2 Å². The van der Waals surface area contributed by atoms with E-state index in [1.54, 1.807) is 6.07 Å². The molecule has 0 aliphatic heterocycles. The van der Waals surface area contributed by atoms with Crippen LogP contribution in [-0.2, 0) is 12.6 Å². The summed E-state index contributed by atoms with van der Waals surface area (Å²) < 4.78 is 57.2. The number of hydrogen-bond acceptors (Lipinski definition) is 2. The summed E-state index contributed by atoms with van der Waals surface area (Å²) in [5.74, 6) is -0.655. The molecule has 2 rings (SSSR count). The number of benzene rings is 1. The van der Waals surface area contributed by atoms with E-state index in [1.165, 1.54) is 12.5 Å². The Hall–Kier alpha value is -1.82. The van der Waals surface area contributed by atoms with Gasteiger partial charge in [0.15, 0.2) is 0 Å². The van der Waals surface area contributed by atoms with Gasteiger partial charge in [0.1, 0.15) is 5.82 Å². The summed E-state index contributed by atoms with van der Waals surface area (Å²) in [6.45, 7) is 2.33. The lowest BCUT2D eigenvalue weighted by Gasteiger charge is -2.20. The number of likely N-dealkylation sites (N-methyl/N-ethyl adjacent to an activating group) is 1. The average Bonchev–Trinajstić information content (AvgIpc) is 2.90. The molecule has 21 heavy (non-hydrogen) atoms. The van der Waals surface area contributed by atoms with Crippen LogP contribution in [0.2, 0.25) is 0 Å². The summed E-state index contributed by atoms with van der Waals surface area (Å²) in [4.78, 5) is 0. The second-order valence-electron chi connectivity index (χ2n) is 4.68. The number of halogens is 4. The zero-order valence-electron chi connectivity index (χ0n) is 11.4. The third-order valence-electron chi connectivity index (χ3n) is 3.17. The summed E-state index contributed by atoms with van der Waals surface area (Å²) in [5, 5.41) is 3.01. The maximum atomic E-state index is 13.9. The molecule has 1 aromatic carbocycles. The first-order chi connectivity index (χ1) is 9.91. The van der Waals surface area contributed by atoms with Gasteiger partial charge in [-0.1, -0.05) is 6.92 Å². The third-order valence-corrected chi connectivity index (χ3v) is 3.17. The summed E-state index contributed by atoms with van der Waals surface area (Å²) >= 11 is 0. The van der Waals surface area contributed by atoms with Crippen LogP contribution in [0.1, 0.15) is 29.7 Å². The second-order valence-corrected chi connectivity index (χ2v) is 4.68. The van der Waals surface area contributed by atoms with Crippen LogP contribution in [-0.4, -0.2) is 6.54 Å². The van der Waals surface area contributed by atoms with E-state index < -0.39 is 23.6 Å². The molecule has 1 N–H and O–H groups in total. The van der Waals surface area contributed by atoms with E-state index in [9.17, 15) is 17.6 Å². The lowest BCUT2D eigenvalue weighted by molar-refractivity contribution is -0.137. The first kappa shape index (κ1) is 15.6. The molecular formula is C15H15F4NO. The van der Waals surface area contributed by atoms with Gasteiger partial charge in [-0.2, -0.15) is 13.2 Å². The van der Waals surface area contributed by atoms with Crippen LogP contribution in [0.25, 0.3) is 0 Å². The fourth-order valence-corrected chi connectivity index (χ4v) is 2.17. The Labute approximate surface area is 119 Å². The number of hydrogen-bond donors (Lipinski definition) is 1. The van der Waals surface area contributed by atoms with Crippen molar-refractivity contribution < 1.29 is 22.0 Å². The molecule has 0 fully saturated rings. The number of furan rings is 1. The van der Waals surface area contributed by atoms with E-state index in [0.29, 0.717) is 13.0 Å². The van der Waals surface area contributed by atoms with E-state index >= 15 is 0 Å². The van der Waals surface area contributed by atoms with E-state index in [4.69, 9.17) is 4.42 Å². The predicted molar refractivity (Wildman–Crippen MR) is 70.2 cm³/mol. The quantitative estimate of drug-likeness (QED) is 0.832.